The van der Waals surface area contributed by atoms with Gasteiger partial charge in [0.1, 0.15) is 0 Å². The Morgan fingerprint density at radius 3 is 1.85 bits per heavy atom. The zero-order valence-corrected chi connectivity index (χ0v) is 21.6. The third-order valence-electron chi connectivity index (χ3n) is 8.53. The van der Waals surface area contributed by atoms with Gasteiger partial charge in [0.2, 0.25) is 0 Å². The van der Waals surface area contributed by atoms with E-state index in [1.807, 2.05) is 30.3 Å². The van der Waals surface area contributed by atoms with E-state index in [0.717, 1.165) is 27.5 Å². The minimum Gasteiger partial charge on any atom is -0.307 e. The van der Waals surface area contributed by atoms with Gasteiger partial charge in [-0.15, -0.1) is 0 Å². The maximum absolute atomic E-state index is 13.5. The van der Waals surface area contributed by atoms with Crippen LogP contribution in [0.25, 0.3) is 38.6 Å². The van der Waals surface area contributed by atoms with Crippen molar-refractivity contribution in [1.82, 2.24) is 4.57 Å². The highest BCUT2D eigenvalue weighted by Gasteiger charge is 2.39. The van der Waals surface area contributed by atoms with Gasteiger partial charge in [-0.1, -0.05) is 80.6 Å². The zero-order valence-electron chi connectivity index (χ0n) is 21.6. The molecule has 0 fully saturated rings. The van der Waals surface area contributed by atoms with Crippen molar-refractivity contribution in [1.29, 1.82) is 0 Å². The summed E-state index contributed by atoms with van der Waals surface area (Å²) in [5.74, 6) is -0.581. The Balaban J connectivity index is 1.43. The van der Waals surface area contributed by atoms with Gasteiger partial charge in [-0.25, -0.2) is 4.90 Å². The van der Waals surface area contributed by atoms with Gasteiger partial charge in [0.15, 0.2) is 0 Å². The molecular weight excluding hydrogens is 480 g/mol. The molecule has 0 N–H and O–H groups in total. The Morgan fingerprint density at radius 1 is 0.513 bits per heavy atom. The molecule has 6 aromatic rings. The molecule has 186 valence electrons. The van der Waals surface area contributed by atoms with Crippen molar-refractivity contribution in [2.45, 2.75) is 19.3 Å². The van der Waals surface area contributed by atoms with Crippen LogP contribution in [0.15, 0.2) is 109 Å². The average Bonchev–Trinajstić information content (AvgIpc) is 3.51. The molecule has 5 aromatic carbocycles. The van der Waals surface area contributed by atoms with E-state index in [4.69, 9.17) is 0 Å². The maximum Gasteiger partial charge on any atom is 0.266 e. The van der Waals surface area contributed by atoms with Crippen LogP contribution in [0.3, 0.4) is 0 Å². The van der Waals surface area contributed by atoms with Crippen molar-refractivity contribution in [3.8, 4) is 16.8 Å². The number of aromatic nitrogens is 1. The quantitative estimate of drug-likeness (QED) is 0.225. The summed E-state index contributed by atoms with van der Waals surface area (Å²) < 4.78 is 2.21. The van der Waals surface area contributed by atoms with E-state index >= 15 is 0 Å². The minimum absolute atomic E-state index is 0.149. The van der Waals surface area contributed by atoms with Crippen molar-refractivity contribution >= 4 is 39.3 Å². The van der Waals surface area contributed by atoms with E-state index < -0.39 is 0 Å². The summed E-state index contributed by atoms with van der Waals surface area (Å²) >= 11 is 0. The predicted octanol–water partition coefficient (Wildman–Crippen LogP) is 7.89. The highest BCUT2D eigenvalue weighted by Crippen LogP contribution is 2.51. The second-order valence-corrected chi connectivity index (χ2v) is 10.9. The first kappa shape index (κ1) is 22.1. The fraction of sp³-hybridized carbons (Fsp3) is 0.0857. The molecule has 1 aliphatic heterocycles. The van der Waals surface area contributed by atoms with Gasteiger partial charge >= 0.3 is 0 Å². The van der Waals surface area contributed by atoms with E-state index in [9.17, 15) is 9.59 Å². The number of rotatable bonds is 2. The van der Waals surface area contributed by atoms with E-state index in [1.165, 1.54) is 27.2 Å². The summed E-state index contributed by atoms with van der Waals surface area (Å²) in [5.41, 5.74) is 9.35. The number of nitrogens with zero attached hydrogens (tertiary/aromatic N) is 2. The first-order chi connectivity index (χ1) is 19.0. The van der Waals surface area contributed by atoms with Crippen LogP contribution in [0, 0.1) is 0 Å². The number of carbonyl (C=O) groups is 2. The van der Waals surface area contributed by atoms with E-state index in [-0.39, 0.29) is 17.2 Å². The van der Waals surface area contributed by atoms with Crippen LogP contribution in [0.1, 0.15) is 45.7 Å². The van der Waals surface area contributed by atoms with Crippen molar-refractivity contribution in [2.24, 2.45) is 0 Å². The molecule has 1 aromatic heterocycles. The molecule has 0 atom stereocenters. The molecular formula is C35H24N2O2. The number of carbonyl (C=O) groups excluding carboxylic acids is 2. The topological polar surface area (TPSA) is 42.3 Å². The number of benzene rings is 5. The van der Waals surface area contributed by atoms with Gasteiger partial charge in [-0.3, -0.25) is 9.59 Å². The van der Waals surface area contributed by atoms with Gasteiger partial charge < -0.3 is 4.57 Å². The molecule has 0 unspecified atom stereocenters. The molecule has 0 saturated carbocycles. The first-order valence-electron chi connectivity index (χ1n) is 13.2. The van der Waals surface area contributed by atoms with Crippen molar-refractivity contribution < 1.29 is 9.59 Å². The lowest BCUT2D eigenvalue weighted by Gasteiger charge is -2.22. The largest absolute Gasteiger partial charge is 0.307 e. The Bertz CT molecular complexity index is 2010. The second-order valence-electron chi connectivity index (χ2n) is 10.9. The summed E-state index contributed by atoms with van der Waals surface area (Å²) in [7, 11) is 0. The molecule has 0 saturated heterocycles. The molecule has 4 heteroatoms. The minimum atomic E-state index is -0.290. The lowest BCUT2D eigenvalue weighted by atomic mass is 9.82. The number of para-hydroxylation sites is 3. The Hall–Kier alpha value is -4.96. The van der Waals surface area contributed by atoms with Crippen molar-refractivity contribution in [3.05, 3.63) is 131 Å². The molecule has 4 nitrogen and oxygen atoms in total. The number of fused-ring (bicyclic) bond motifs is 7. The summed E-state index contributed by atoms with van der Waals surface area (Å²) in [6, 6.07) is 36.4. The second kappa shape index (κ2) is 7.55. The van der Waals surface area contributed by atoms with E-state index in [1.54, 1.807) is 24.3 Å². The van der Waals surface area contributed by atoms with Crippen LogP contribution < -0.4 is 4.90 Å². The van der Waals surface area contributed by atoms with Gasteiger partial charge in [0, 0.05) is 16.2 Å². The predicted molar refractivity (Wildman–Crippen MR) is 156 cm³/mol. The normalized spacial score (nSPS) is 15.2. The summed E-state index contributed by atoms with van der Waals surface area (Å²) in [6.07, 6.45) is 0. The molecule has 2 amide bonds. The molecule has 1 aliphatic carbocycles. The van der Waals surface area contributed by atoms with E-state index in [2.05, 4.69) is 73.0 Å². The van der Waals surface area contributed by atoms with Crippen molar-refractivity contribution in [2.75, 3.05) is 4.90 Å². The Kier molecular flexibility index (Phi) is 4.27. The van der Waals surface area contributed by atoms with E-state index in [0.29, 0.717) is 16.8 Å². The smallest absolute Gasteiger partial charge is 0.266 e. The lowest BCUT2D eigenvalue weighted by molar-refractivity contribution is 0.0926. The molecule has 2 heterocycles. The Labute approximate surface area is 225 Å². The van der Waals surface area contributed by atoms with Gasteiger partial charge in [-0.2, -0.15) is 0 Å². The first-order valence-corrected chi connectivity index (χ1v) is 13.2. The maximum atomic E-state index is 13.5. The SMILES string of the molecule is CC1(C)c2ccccc2-c2cc3c4ccccc4n(-c4ccccc4N4C(=O)c5ccccc5C4=O)c3cc21. The van der Waals surface area contributed by atoms with Gasteiger partial charge in [-0.05, 0) is 64.7 Å². The summed E-state index contributed by atoms with van der Waals surface area (Å²) in [6.45, 7) is 4.56. The van der Waals surface area contributed by atoms with Crippen LogP contribution in [0.4, 0.5) is 5.69 Å². The molecule has 39 heavy (non-hydrogen) atoms. The number of hydrogen-bond acceptors (Lipinski definition) is 2. The highest BCUT2D eigenvalue weighted by atomic mass is 16.2. The van der Waals surface area contributed by atoms with Gasteiger partial charge in [0.05, 0.1) is 33.5 Å². The number of anilines is 1. The summed E-state index contributed by atoms with van der Waals surface area (Å²) in [5, 5.41) is 2.28. The van der Waals surface area contributed by atoms with Crippen LogP contribution in [0.5, 0.6) is 0 Å². The number of imide groups is 1. The molecule has 0 spiro atoms. The monoisotopic (exact) mass is 504 g/mol. The molecule has 8 rings (SSSR count). The van der Waals surface area contributed by atoms with Crippen LogP contribution in [-0.4, -0.2) is 16.4 Å². The molecule has 0 bridgehead atoms. The third-order valence-corrected chi connectivity index (χ3v) is 8.53. The van der Waals surface area contributed by atoms with Crippen LogP contribution in [-0.2, 0) is 5.41 Å². The number of amides is 2. The molecule has 0 radical (unpaired) electrons. The van der Waals surface area contributed by atoms with Gasteiger partial charge in [0.25, 0.3) is 11.8 Å². The van der Waals surface area contributed by atoms with Crippen LogP contribution >= 0.6 is 0 Å². The lowest BCUT2D eigenvalue weighted by Crippen LogP contribution is -2.30. The van der Waals surface area contributed by atoms with Crippen molar-refractivity contribution in [3.63, 3.8) is 0 Å². The number of hydrogen-bond donors (Lipinski definition) is 0. The fourth-order valence-electron chi connectivity index (χ4n) is 6.67. The summed E-state index contributed by atoms with van der Waals surface area (Å²) in [4.78, 5) is 28.4. The third kappa shape index (κ3) is 2.78. The van der Waals surface area contributed by atoms with Crippen LogP contribution in [0.2, 0.25) is 0 Å². The molecule has 2 aliphatic rings. The zero-order chi connectivity index (χ0) is 26.5. The average molecular weight is 505 g/mol. The highest BCUT2D eigenvalue weighted by molar-refractivity contribution is 6.35. The standard InChI is InChI=1S/C35H24N2O2/c1-35(2)27-15-7-5-11-21(27)25-19-26-22-12-6-8-16-29(22)36(32(26)20-28(25)35)30-17-9-10-18-31(30)37-33(38)23-13-3-4-14-24(23)34(37)39/h3-20H,1-2H3. The fourth-order valence-corrected chi connectivity index (χ4v) is 6.67. The Morgan fingerprint density at radius 2 is 1.10 bits per heavy atom.